The smallest absolute Gasteiger partial charge is 0.326 e. The van der Waals surface area contributed by atoms with Crippen LogP contribution >= 0.6 is 0 Å². The Kier molecular flexibility index (Phi) is 26.0. The second-order valence-corrected chi connectivity index (χ2v) is 10.00. The normalized spacial score (nSPS) is 11.4. The van der Waals surface area contributed by atoms with Crippen molar-refractivity contribution in [1.29, 1.82) is 0 Å². The number of rotatable bonds is 30. The molecule has 0 saturated heterocycles. The molecule has 13 nitrogen and oxygen atoms in total. The molecular weight excluding hydrogens is 550 g/mol. The fourth-order valence-corrected chi connectivity index (χ4v) is 3.82. The summed E-state index contributed by atoms with van der Waals surface area (Å²) in [6, 6.07) is -1.17. The SMILES string of the molecule is O=[C]CCC(NC(=O)CCC(=O)NCCCOCCCCOCCCNC(=O)CCCCCCCCC(=O)O)C(=O)O. The molecule has 1 atom stereocenters. The maximum Gasteiger partial charge on any atom is 0.326 e. The number of aliphatic carboxylic acids is 2. The van der Waals surface area contributed by atoms with E-state index >= 15 is 0 Å². The third kappa shape index (κ3) is 27.1. The molecule has 0 rings (SSSR count). The van der Waals surface area contributed by atoms with E-state index in [1.165, 1.54) is 0 Å². The van der Waals surface area contributed by atoms with Gasteiger partial charge in [0.1, 0.15) is 6.04 Å². The number of nitrogens with one attached hydrogen (secondary N) is 3. The minimum Gasteiger partial charge on any atom is -0.481 e. The summed E-state index contributed by atoms with van der Waals surface area (Å²) >= 11 is 0. The van der Waals surface area contributed by atoms with Crippen LogP contribution in [-0.2, 0) is 38.2 Å². The van der Waals surface area contributed by atoms with Crippen molar-refractivity contribution < 1.29 is 48.5 Å². The molecule has 42 heavy (non-hydrogen) atoms. The Hall–Kier alpha value is -3.06. The van der Waals surface area contributed by atoms with Gasteiger partial charge in [-0.2, -0.15) is 0 Å². The fourth-order valence-electron chi connectivity index (χ4n) is 3.82. The number of hydrogen-bond acceptors (Lipinski definition) is 8. The molecule has 0 aliphatic rings. The Morgan fingerprint density at radius 1 is 0.595 bits per heavy atom. The summed E-state index contributed by atoms with van der Waals surface area (Å²) in [5.74, 6) is -2.81. The molecule has 0 heterocycles. The van der Waals surface area contributed by atoms with E-state index in [1.54, 1.807) is 6.29 Å². The van der Waals surface area contributed by atoms with Gasteiger partial charge in [0.25, 0.3) is 0 Å². The first-order valence-electron chi connectivity index (χ1n) is 15.0. The lowest BCUT2D eigenvalue weighted by Crippen LogP contribution is -2.41. The molecule has 3 amide bonds. The van der Waals surface area contributed by atoms with Crippen LogP contribution in [0.25, 0.3) is 0 Å². The van der Waals surface area contributed by atoms with E-state index in [4.69, 9.17) is 19.7 Å². The summed E-state index contributed by atoms with van der Waals surface area (Å²) in [6.45, 7) is 3.27. The zero-order valence-corrected chi connectivity index (χ0v) is 24.8. The zero-order valence-electron chi connectivity index (χ0n) is 24.8. The van der Waals surface area contributed by atoms with Gasteiger partial charge >= 0.3 is 11.9 Å². The Morgan fingerprint density at radius 2 is 1.07 bits per heavy atom. The fraction of sp³-hybridized carbons (Fsp3) is 0.793. The van der Waals surface area contributed by atoms with E-state index in [9.17, 15) is 28.8 Å². The molecule has 0 fully saturated rings. The summed E-state index contributed by atoms with van der Waals surface area (Å²) < 4.78 is 11.1. The first-order chi connectivity index (χ1) is 20.3. The number of carbonyl (C=O) groups is 5. The lowest BCUT2D eigenvalue weighted by Gasteiger charge is -2.13. The van der Waals surface area contributed by atoms with Crippen molar-refractivity contribution >= 4 is 35.9 Å². The third-order valence-corrected chi connectivity index (χ3v) is 6.19. The first kappa shape index (κ1) is 38.9. The molecule has 0 aromatic heterocycles. The second-order valence-electron chi connectivity index (χ2n) is 10.00. The highest BCUT2D eigenvalue weighted by Crippen LogP contribution is 2.08. The maximum atomic E-state index is 11.8. The summed E-state index contributed by atoms with van der Waals surface area (Å²) in [5.41, 5.74) is 0. The van der Waals surface area contributed by atoms with Gasteiger partial charge in [0.2, 0.25) is 17.7 Å². The van der Waals surface area contributed by atoms with Crippen molar-refractivity contribution in [2.75, 3.05) is 39.5 Å². The minimum absolute atomic E-state index is 0.0470. The molecule has 0 aliphatic carbocycles. The van der Waals surface area contributed by atoms with Crippen LogP contribution in [0.15, 0.2) is 0 Å². The van der Waals surface area contributed by atoms with E-state index in [0.29, 0.717) is 52.4 Å². The van der Waals surface area contributed by atoms with Crippen LogP contribution in [0.5, 0.6) is 0 Å². The minimum atomic E-state index is -1.24. The second kappa shape index (κ2) is 28.1. The number of unbranched alkanes of at least 4 members (excludes halogenated alkanes) is 6. The number of carbonyl (C=O) groups excluding carboxylic acids is 4. The molecular formula is C29H50N3O10. The molecule has 0 aromatic rings. The van der Waals surface area contributed by atoms with E-state index in [0.717, 1.165) is 57.8 Å². The molecule has 0 aliphatic heterocycles. The highest BCUT2D eigenvalue weighted by atomic mass is 16.5. The Balaban J connectivity index is 3.44. The Labute approximate surface area is 248 Å². The highest BCUT2D eigenvalue weighted by molar-refractivity contribution is 5.87. The molecule has 0 spiro atoms. The maximum absolute atomic E-state index is 11.8. The molecule has 1 radical (unpaired) electrons. The van der Waals surface area contributed by atoms with Gasteiger partial charge in [0, 0.05) is 71.6 Å². The monoisotopic (exact) mass is 600 g/mol. The number of carboxylic acids is 2. The van der Waals surface area contributed by atoms with E-state index < -0.39 is 23.9 Å². The van der Waals surface area contributed by atoms with Crippen molar-refractivity contribution in [3.05, 3.63) is 0 Å². The van der Waals surface area contributed by atoms with Crippen molar-refractivity contribution in [2.45, 2.75) is 109 Å². The quantitative estimate of drug-likeness (QED) is 0.0762. The van der Waals surface area contributed by atoms with Crippen LogP contribution < -0.4 is 16.0 Å². The van der Waals surface area contributed by atoms with Gasteiger partial charge in [-0.3, -0.25) is 24.0 Å². The van der Waals surface area contributed by atoms with Gasteiger partial charge < -0.3 is 35.6 Å². The molecule has 13 heteroatoms. The van der Waals surface area contributed by atoms with Crippen molar-refractivity contribution in [3.63, 3.8) is 0 Å². The zero-order chi connectivity index (χ0) is 31.3. The van der Waals surface area contributed by atoms with Crippen molar-refractivity contribution in [1.82, 2.24) is 16.0 Å². The largest absolute Gasteiger partial charge is 0.481 e. The Morgan fingerprint density at radius 3 is 1.60 bits per heavy atom. The standard InChI is InChI=1S/C29H50N3O10/c33-19-9-12-24(29(39)40)32-27(36)16-15-26(35)31-18-11-23-42-21-8-7-20-41-22-10-17-30-25(34)13-5-3-1-2-4-6-14-28(37)38/h24H,1-18,20-23H2,(H,30,34)(H,31,35)(H,32,36)(H,37,38)(H,39,40). The number of carboxylic acid groups (broad SMARTS) is 2. The summed E-state index contributed by atoms with van der Waals surface area (Å²) in [7, 11) is 0. The van der Waals surface area contributed by atoms with Crippen molar-refractivity contribution in [2.24, 2.45) is 0 Å². The lowest BCUT2D eigenvalue weighted by atomic mass is 10.1. The third-order valence-electron chi connectivity index (χ3n) is 6.19. The van der Waals surface area contributed by atoms with Gasteiger partial charge in [0.05, 0.1) is 0 Å². The molecule has 0 saturated carbocycles. The molecule has 0 bridgehead atoms. The van der Waals surface area contributed by atoms with Crippen LogP contribution in [0.3, 0.4) is 0 Å². The van der Waals surface area contributed by atoms with Gasteiger partial charge in [-0.1, -0.05) is 25.7 Å². The van der Waals surface area contributed by atoms with Gasteiger partial charge in [-0.05, 0) is 44.9 Å². The predicted octanol–water partition coefficient (Wildman–Crippen LogP) is 2.26. The molecule has 241 valence electrons. The van der Waals surface area contributed by atoms with E-state index in [2.05, 4.69) is 16.0 Å². The lowest BCUT2D eigenvalue weighted by molar-refractivity contribution is -0.142. The summed E-state index contributed by atoms with van der Waals surface area (Å²) in [4.78, 5) is 67.2. The van der Waals surface area contributed by atoms with E-state index in [-0.39, 0.29) is 43.9 Å². The predicted molar refractivity (Wildman–Crippen MR) is 154 cm³/mol. The highest BCUT2D eigenvalue weighted by Gasteiger charge is 2.19. The van der Waals surface area contributed by atoms with Crippen LogP contribution in [0.4, 0.5) is 0 Å². The molecule has 0 aromatic carbocycles. The summed E-state index contributed by atoms with van der Waals surface area (Å²) in [6.07, 6.45) is 10.6. The van der Waals surface area contributed by atoms with Crippen LogP contribution in [0.2, 0.25) is 0 Å². The molecule has 1 unspecified atom stereocenters. The van der Waals surface area contributed by atoms with Gasteiger partial charge in [0.15, 0.2) is 6.29 Å². The topological polar surface area (TPSA) is 197 Å². The Bertz CT molecular complexity index is 779. The number of ether oxygens (including phenoxy) is 2. The van der Waals surface area contributed by atoms with Crippen LogP contribution in [0.1, 0.15) is 103 Å². The first-order valence-corrected chi connectivity index (χ1v) is 15.0. The number of amides is 3. The van der Waals surface area contributed by atoms with E-state index in [1.807, 2.05) is 0 Å². The average molecular weight is 601 g/mol. The van der Waals surface area contributed by atoms with Crippen LogP contribution in [-0.4, -0.2) is 91.7 Å². The molecule has 5 N–H and O–H groups in total. The average Bonchev–Trinajstić information content (AvgIpc) is 2.95. The van der Waals surface area contributed by atoms with Crippen LogP contribution in [0, 0.1) is 0 Å². The number of hydrogen-bond donors (Lipinski definition) is 5. The van der Waals surface area contributed by atoms with Gasteiger partial charge in [-0.15, -0.1) is 0 Å². The van der Waals surface area contributed by atoms with Gasteiger partial charge in [-0.25, -0.2) is 4.79 Å². The summed E-state index contributed by atoms with van der Waals surface area (Å²) in [5, 5.41) is 25.5. The van der Waals surface area contributed by atoms with Crippen molar-refractivity contribution in [3.8, 4) is 0 Å².